The lowest BCUT2D eigenvalue weighted by Crippen LogP contribution is -2.35. The second-order valence-corrected chi connectivity index (χ2v) is 4.40. The molecule has 1 aliphatic rings. The van der Waals surface area contributed by atoms with Crippen molar-refractivity contribution in [2.45, 2.75) is 11.7 Å². The summed E-state index contributed by atoms with van der Waals surface area (Å²) in [5.41, 5.74) is -0.555. The Bertz CT molecular complexity index is 540. The van der Waals surface area contributed by atoms with Crippen LogP contribution in [0.4, 0.5) is 0 Å². The Kier molecular flexibility index (Phi) is 3.14. The van der Waals surface area contributed by atoms with E-state index in [0.717, 1.165) is 5.75 Å². The molecule has 7 nitrogen and oxygen atoms in total. The summed E-state index contributed by atoms with van der Waals surface area (Å²) in [6.45, 7) is 0.000653. The molecular weight excluding hydrogens is 246 g/mol. The molecule has 0 bridgehead atoms. The molecule has 0 saturated carbocycles. The van der Waals surface area contributed by atoms with E-state index in [1.54, 1.807) is 0 Å². The summed E-state index contributed by atoms with van der Waals surface area (Å²) in [6.07, 6.45) is 1.18. The highest BCUT2D eigenvalue weighted by Crippen LogP contribution is 2.20. The Labute approximate surface area is 99.9 Å². The van der Waals surface area contributed by atoms with Gasteiger partial charge < -0.3 is 10.4 Å². The fraction of sp³-hybridized carbons (Fsp3) is 0.333. The average molecular weight is 255 g/mol. The number of carboxylic acid groups (broad SMARTS) is 1. The Morgan fingerprint density at radius 3 is 3.06 bits per heavy atom. The molecule has 17 heavy (non-hydrogen) atoms. The van der Waals surface area contributed by atoms with Crippen LogP contribution in [0.1, 0.15) is 10.4 Å². The van der Waals surface area contributed by atoms with Gasteiger partial charge >= 0.3 is 5.97 Å². The van der Waals surface area contributed by atoms with Crippen LogP contribution in [0.3, 0.4) is 0 Å². The number of hydrogen-bond donors (Lipinski definition) is 2. The molecule has 1 amide bonds. The van der Waals surface area contributed by atoms with Crippen LogP contribution in [0.5, 0.6) is 0 Å². The van der Waals surface area contributed by atoms with Crippen LogP contribution in [0.15, 0.2) is 16.1 Å². The molecule has 0 unspecified atom stereocenters. The monoisotopic (exact) mass is 255 g/mol. The van der Waals surface area contributed by atoms with Crippen molar-refractivity contribution in [2.24, 2.45) is 0 Å². The number of fused-ring (bicyclic) bond motifs is 1. The van der Waals surface area contributed by atoms with Crippen LogP contribution in [0, 0.1) is 0 Å². The summed E-state index contributed by atoms with van der Waals surface area (Å²) < 4.78 is 1.42. The first-order valence-corrected chi connectivity index (χ1v) is 5.81. The van der Waals surface area contributed by atoms with E-state index < -0.39 is 24.0 Å². The normalized spacial score (nSPS) is 13.2. The van der Waals surface area contributed by atoms with E-state index in [2.05, 4.69) is 10.3 Å². The quantitative estimate of drug-likeness (QED) is 0.683. The lowest BCUT2D eigenvalue weighted by atomic mass is 10.3. The number of hydrogen-bond acceptors (Lipinski definition) is 5. The van der Waals surface area contributed by atoms with Crippen molar-refractivity contribution < 1.29 is 14.7 Å². The zero-order valence-corrected chi connectivity index (χ0v) is 9.49. The van der Waals surface area contributed by atoms with Gasteiger partial charge in [0.15, 0.2) is 5.16 Å². The number of amides is 1. The summed E-state index contributed by atoms with van der Waals surface area (Å²) in [5, 5.41) is 11.1. The van der Waals surface area contributed by atoms with E-state index in [0.29, 0.717) is 11.7 Å². The fourth-order valence-corrected chi connectivity index (χ4v) is 2.34. The van der Waals surface area contributed by atoms with E-state index in [4.69, 9.17) is 5.11 Å². The predicted molar refractivity (Wildman–Crippen MR) is 59.2 cm³/mol. The largest absolute Gasteiger partial charge is 0.480 e. The van der Waals surface area contributed by atoms with Crippen LogP contribution < -0.4 is 10.9 Å². The summed E-state index contributed by atoms with van der Waals surface area (Å²) in [4.78, 5) is 37.7. The number of thioether (sulfide) groups is 1. The Morgan fingerprint density at radius 1 is 1.59 bits per heavy atom. The molecule has 90 valence electrons. The molecular formula is C9H9N3O4S. The maximum absolute atomic E-state index is 11.8. The van der Waals surface area contributed by atoms with Gasteiger partial charge in [-0.3, -0.25) is 19.0 Å². The molecule has 0 spiro atoms. The van der Waals surface area contributed by atoms with Crippen LogP contribution in [-0.4, -0.2) is 38.8 Å². The molecule has 0 atom stereocenters. The minimum absolute atomic E-state index is 0.127. The first-order valence-electron chi connectivity index (χ1n) is 4.82. The summed E-state index contributed by atoms with van der Waals surface area (Å²) in [7, 11) is 0. The third kappa shape index (κ3) is 2.31. The smallest absolute Gasteiger partial charge is 0.322 e. The molecule has 0 aromatic carbocycles. The van der Waals surface area contributed by atoms with E-state index in [9.17, 15) is 14.4 Å². The highest BCUT2D eigenvalue weighted by Gasteiger charge is 2.19. The van der Waals surface area contributed by atoms with Crippen molar-refractivity contribution in [3.8, 4) is 0 Å². The Balaban J connectivity index is 2.25. The minimum atomic E-state index is -1.16. The molecule has 0 aliphatic carbocycles. The second-order valence-electron chi connectivity index (χ2n) is 3.34. The minimum Gasteiger partial charge on any atom is -0.480 e. The van der Waals surface area contributed by atoms with Crippen molar-refractivity contribution >= 4 is 23.6 Å². The van der Waals surface area contributed by atoms with Crippen molar-refractivity contribution in [1.29, 1.82) is 0 Å². The molecule has 0 radical (unpaired) electrons. The molecule has 0 fully saturated rings. The van der Waals surface area contributed by atoms with Gasteiger partial charge in [0.2, 0.25) is 0 Å². The number of carbonyl (C=O) groups is 2. The Hall–Kier alpha value is -1.83. The average Bonchev–Trinajstić information content (AvgIpc) is 2.75. The third-order valence-electron chi connectivity index (χ3n) is 2.20. The molecule has 8 heteroatoms. The topological polar surface area (TPSA) is 101 Å². The summed E-state index contributed by atoms with van der Waals surface area (Å²) in [6, 6.07) is 0. The molecule has 1 aromatic heterocycles. The lowest BCUT2D eigenvalue weighted by molar-refractivity contribution is -0.135. The van der Waals surface area contributed by atoms with Crippen LogP contribution >= 0.6 is 11.8 Å². The van der Waals surface area contributed by atoms with Crippen LogP contribution in [0.2, 0.25) is 0 Å². The standard InChI is InChI=1S/C9H9N3O4S/c13-6(14)4-10-7(15)5-3-11-9-12(8(5)16)1-2-17-9/h3H,1-2,4H2,(H,10,15)(H,13,14). The maximum atomic E-state index is 11.8. The molecule has 0 saturated heterocycles. The number of nitrogens with zero attached hydrogens (tertiary/aromatic N) is 2. The summed E-state index contributed by atoms with van der Waals surface area (Å²) >= 11 is 1.45. The summed E-state index contributed by atoms with van der Waals surface area (Å²) in [5.74, 6) is -1.12. The number of carbonyl (C=O) groups excluding carboxylic acids is 1. The molecule has 2 rings (SSSR count). The van der Waals surface area contributed by atoms with Crippen molar-refractivity contribution in [3.63, 3.8) is 0 Å². The Morgan fingerprint density at radius 2 is 2.35 bits per heavy atom. The van der Waals surface area contributed by atoms with Gasteiger partial charge in [0.1, 0.15) is 12.1 Å². The van der Waals surface area contributed by atoms with Crippen LogP contribution in [-0.2, 0) is 11.3 Å². The van der Waals surface area contributed by atoms with Gasteiger partial charge in [-0.05, 0) is 0 Å². The van der Waals surface area contributed by atoms with E-state index in [1.807, 2.05) is 0 Å². The van der Waals surface area contributed by atoms with E-state index >= 15 is 0 Å². The molecule has 1 aromatic rings. The van der Waals surface area contributed by atoms with E-state index in [1.165, 1.54) is 22.5 Å². The first-order chi connectivity index (χ1) is 8.09. The van der Waals surface area contributed by atoms with Gasteiger partial charge in [-0.15, -0.1) is 0 Å². The zero-order chi connectivity index (χ0) is 12.4. The third-order valence-corrected chi connectivity index (χ3v) is 3.17. The van der Waals surface area contributed by atoms with Crippen molar-refractivity contribution in [2.75, 3.05) is 12.3 Å². The van der Waals surface area contributed by atoms with Gasteiger partial charge in [-0.1, -0.05) is 11.8 Å². The maximum Gasteiger partial charge on any atom is 0.322 e. The SMILES string of the molecule is O=C(O)CNC(=O)c1cnc2n(c1=O)CCS2. The van der Waals surface area contributed by atoms with Gasteiger partial charge in [0.25, 0.3) is 11.5 Å². The van der Waals surface area contributed by atoms with E-state index in [-0.39, 0.29) is 5.56 Å². The fourth-order valence-electron chi connectivity index (χ4n) is 1.42. The van der Waals surface area contributed by atoms with Crippen molar-refractivity contribution in [1.82, 2.24) is 14.9 Å². The number of nitrogens with one attached hydrogen (secondary N) is 1. The van der Waals surface area contributed by atoms with Crippen molar-refractivity contribution in [3.05, 3.63) is 22.1 Å². The highest BCUT2D eigenvalue weighted by molar-refractivity contribution is 7.99. The predicted octanol–water partition coefficient (Wildman–Crippen LogP) is -0.837. The second kappa shape index (κ2) is 4.58. The zero-order valence-electron chi connectivity index (χ0n) is 8.67. The highest BCUT2D eigenvalue weighted by atomic mass is 32.2. The molecule has 1 aliphatic heterocycles. The lowest BCUT2D eigenvalue weighted by Gasteiger charge is -2.04. The number of aliphatic carboxylic acids is 1. The van der Waals surface area contributed by atoms with Crippen LogP contribution in [0.25, 0.3) is 0 Å². The van der Waals surface area contributed by atoms with Gasteiger partial charge in [0.05, 0.1) is 0 Å². The van der Waals surface area contributed by atoms with Gasteiger partial charge in [-0.25, -0.2) is 4.98 Å². The first kappa shape index (κ1) is 11.6. The molecule has 2 N–H and O–H groups in total. The van der Waals surface area contributed by atoms with Gasteiger partial charge in [-0.2, -0.15) is 0 Å². The number of carboxylic acids is 1. The van der Waals surface area contributed by atoms with Gasteiger partial charge in [0, 0.05) is 18.5 Å². The molecule has 2 heterocycles. The number of rotatable bonds is 3. The number of aromatic nitrogens is 2.